The van der Waals surface area contributed by atoms with Gasteiger partial charge >= 0.3 is 0 Å². The molecular weight excluding hydrogens is 336 g/mol. The summed E-state index contributed by atoms with van der Waals surface area (Å²) in [4.78, 5) is 3.11. The van der Waals surface area contributed by atoms with E-state index in [1.165, 1.54) is 34.6 Å². The van der Waals surface area contributed by atoms with Crippen molar-refractivity contribution in [2.75, 3.05) is 19.6 Å². The minimum absolute atomic E-state index is 0.496. The Bertz CT molecular complexity index is 520. The molecule has 0 aromatic carbocycles. The average molecular weight is 357 g/mol. The molecule has 0 bridgehead atoms. The van der Waals surface area contributed by atoms with Crippen LogP contribution in [0.1, 0.15) is 29.5 Å². The number of halogens is 1. The van der Waals surface area contributed by atoms with Gasteiger partial charge in [0.05, 0.1) is 28.0 Å². The fraction of sp³-hybridized carbons (Fsp3) is 0.467. The molecule has 108 valence electrons. The predicted molar refractivity (Wildman–Crippen MR) is 83.9 cm³/mol. The van der Waals surface area contributed by atoms with Gasteiger partial charge in [-0.1, -0.05) is 0 Å². The van der Waals surface area contributed by atoms with E-state index < -0.39 is 0 Å². The van der Waals surface area contributed by atoms with Gasteiger partial charge in [-0.15, -0.1) is 11.3 Å². The highest BCUT2D eigenvalue weighted by Crippen LogP contribution is 2.21. The van der Waals surface area contributed by atoms with E-state index in [1.54, 1.807) is 11.2 Å². The van der Waals surface area contributed by atoms with Crippen LogP contribution in [0.25, 0.3) is 0 Å². The van der Waals surface area contributed by atoms with Crippen LogP contribution in [0.4, 0.5) is 0 Å². The number of hydrogen-bond acceptors (Lipinski definition) is 2. The molecule has 0 saturated carbocycles. The van der Waals surface area contributed by atoms with Crippen LogP contribution in [0.5, 0.6) is 0 Å². The van der Waals surface area contributed by atoms with E-state index in [0.29, 0.717) is 6.04 Å². The Morgan fingerprint density at radius 3 is 2.80 bits per heavy atom. The van der Waals surface area contributed by atoms with Gasteiger partial charge in [-0.25, -0.2) is 0 Å². The van der Waals surface area contributed by atoms with Crippen LogP contribution in [-0.4, -0.2) is 19.6 Å². The van der Waals surface area contributed by atoms with Crippen LogP contribution in [-0.2, 0) is 6.54 Å². The van der Waals surface area contributed by atoms with Gasteiger partial charge in [-0.3, -0.25) is 0 Å². The first kappa shape index (κ1) is 14.3. The average Bonchev–Trinajstić information content (AvgIpc) is 3.18. The van der Waals surface area contributed by atoms with Gasteiger partial charge < -0.3 is 14.6 Å². The molecule has 1 aliphatic heterocycles. The third-order valence-corrected chi connectivity index (χ3v) is 5.65. The summed E-state index contributed by atoms with van der Waals surface area (Å²) in [5.41, 5.74) is 0. The molecule has 0 radical (unpaired) electrons. The maximum absolute atomic E-state index is 5.67. The molecule has 1 saturated heterocycles. The van der Waals surface area contributed by atoms with E-state index in [-0.39, 0.29) is 0 Å². The summed E-state index contributed by atoms with van der Waals surface area (Å²) in [5, 5.41) is 2.41. The summed E-state index contributed by atoms with van der Waals surface area (Å²) < 4.78 is 6.89. The summed E-state index contributed by atoms with van der Waals surface area (Å²) in [5.74, 6) is 1.14. The quantitative estimate of drug-likeness (QED) is 0.809. The number of hydrogen-bond donors (Lipinski definition) is 2. The Hall–Kier alpha value is -0.620. The number of quaternary nitrogens is 2. The van der Waals surface area contributed by atoms with Gasteiger partial charge in [0.2, 0.25) is 0 Å². The molecule has 0 unspecified atom stereocenters. The normalized spacial score (nSPS) is 17.6. The number of nitrogens with two attached hydrogens (primary N) is 1. The van der Waals surface area contributed by atoms with Gasteiger partial charge in [0.25, 0.3) is 0 Å². The van der Waals surface area contributed by atoms with Crippen LogP contribution in [0.2, 0.25) is 0 Å². The largest absolute Gasteiger partial charge is 0.463 e. The van der Waals surface area contributed by atoms with E-state index in [9.17, 15) is 0 Å². The standard InChI is InChI=1S/C15H19BrN2OS/c16-15-6-5-12(20-15)10-17-11-13(14-4-3-9-19-14)18-7-1-2-8-18/h3-6,9,13,17H,1-2,7-8,10-11H2/p+2/t13-/m0/s1. The Labute approximate surface area is 132 Å². The van der Waals surface area contributed by atoms with Crippen molar-refractivity contribution in [2.45, 2.75) is 25.4 Å². The Morgan fingerprint density at radius 1 is 1.30 bits per heavy atom. The molecule has 2 aromatic rings. The molecule has 1 aliphatic rings. The first-order valence-electron chi connectivity index (χ1n) is 7.27. The van der Waals surface area contributed by atoms with Crippen molar-refractivity contribution in [1.82, 2.24) is 0 Å². The third-order valence-electron chi connectivity index (χ3n) is 4.00. The number of thiophene rings is 1. The molecule has 3 nitrogen and oxygen atoms in total. The zero-order chi connectivity index (χ0) is 13.8. The molecule has 2 aromatic heterocycles. The maximum Gasteiger partial charge on any atom is 0.195 e. The molecule has 3 N–H and O–H groups in total. The minimum Gasteiger partial charge on any atom is -0.463 e. The monoisotopic (exact) mass is 356 g/mol. The first-order valence-corrected chi connectivity index (χ1v) is 8.88. The molecule has 5 heteroatoms. The third kappa shape index (κ3) is 3.52. The molecule has 0 spiro atoms. The van der Waals surface area contributed by atoms with E-state index in [4.69, 9.17) is 4.42 Å². The van der Waals surface area contributed by atoms with Crippen LogP contribution in [0, 0.1) is 0 Å². The lowest BCUT2D eigenvalue weighted by atomic mass is 10.2. The number of rotatable bonds is 6. The zero-order valence-electron chi connectivity index (χ0n) is 11.5. The Morgan fingerprint density at radius 2 is 2.15 bits per heavy atom. The zero-order valence-corrected chi connectivity index (χ0v) is 13.9. The fourth-order valence-electron chi connectivity index (χ4n) is 3.00. The summed E-state index contributed by atoms with van der Waals surface area (Å²) in [7, 11) is 0. The van der Waals surface area contributed by atoms with Crippen molar-refractivity contribution >= 4 is 27.3 Å². The number of furan rings is 1. The number of nitrogens with one attached hydrogen (secondary N) is 1. The fourth-order valence-corrected chi connectivity index (χ4v) is 4.48. The van der Waals surface area contributed by atoms with Crippen molar-refractivity contribution in [1.29, 1.82) is 0 Å². The van der Waals surface area contributed by atoms with Gasteiger partial charge in [0, 0.05) is 12.8 Å². The van der Waals surface area contributed by atoms with Crippen LogP contribution in [0.15, 0.2) is 38.7 Å². The summed E-state index contributed by atoms with van der Waals surface area (Å²) in [6, 6.07) is 8.97. The summed E-state index contributed by atoms with van der Waals surface area (Å²) in [6.45, 7) is 4.71. The van der Waals surface area contributed by atoms with Crippen molar-refractivity contribution in [3.05, 3.63) is 45.0 Å². The second-order valence-corrected chi connectivity index (χ2v) is 7.92. The molecular formula is C15H21BrN2OS+2. The lowest BCUT2D eigenvalue weighted by Crippen LogP contribution is -3.13. The van der Waals surface area contributed by atoms with Gasteiger partial charge in [-0.2, -0.15) is 0 Å². The van der Waals surface area contributed by atoms with Crippen LogP contribution >= 0.6 is 27.3 Å². The second kappa shape index (κ2) is 6.89. The maximum atomic E-state index is 5.67. The Kier molecular flexibility index (Phi) is 4.94. The molecule has 1 fully saturated rings. The van der Waals surface area contributed by atoms with E-state index >= 15 is 0 Å². The highest BCUT2D eigenvalue weighted by Gasteiger charge is 2.30. The highest BCUT2D eigenvalue weighted by atomic mass is 79.9. The molecule has 0 amide bonds. The lowest BCUT2D eigenvalue weighted by molar-refractivity contribution is -0.936. The smallest absolute Gasteiger partial charge is 0.195 e. The predicted octanol–water partition coefficient (Wildman–Crippen LogP) is 1.59. The van der Waals surface area contributed by atoms with Gasteiger partial charge in [0.15, 0.2) is 11.8 Å². The first-order chi connectivity index (χ1) is 9.83. The van der Waals surface area contributed by atoms with Crippen molar-refractivity contribution in [3.8, 4) is 0 Å². The van der Waals surface area contributed by atoms with E-state index in [0.717, 1.165) is 18.8 Å². The van der Waals surface area contributed by atoms with Crippen molar-refractivity contribution in [3.63, 3.8) is 0 Å². The van der Waals surface area contributed by atoms with Gasteiger partial charge in [-0.05, 0) is 40.2 Å². The summed E-state index contributed by atoms with van der Waals surface area (Å²) in [6.07, 6.45) is 4.50. The van der Waals surface area contributed by atoms with Crippen LogP contribution in [0.3, 0.4) is 0 Å². The SMILES string of the molecule is Brc1ccc(C[NH2+]C[C@@H](c2ccco2)[NH+]2CCCC2)s1. The minimum atomic E-state index is 0.496. The molecule has 0 aliphatic carbocycles. The molecule has 3 heterocycles. The van der Waals surface area contributed by atoms with Crippen LogP contribution < -0.4 is 10.2 Å². The van der Waals surface area contributed by atoms with Crippen molar-refractivity contribution in [2.24, 2.45) is 0 Å². The summed E-state index contributed by atoms with van der Waals surface area (Å²) >= 11 is 5.35. The van der Waals surface area contributed by atoms with Crippen molar-refractivity contribution < 1.29 is 14.6 Å². The Balaban J connectivity index is 1.58. The molecule has 3 rings (SSSR count). The number of likely N-dealkylation sites (tertiary alicyclic amines) is 1. The molecule has 20 heavy (non-hydrogen) atoms. The van der Waals surface area contributed by atoms with E-state index in [2.05, 4.69) is 39.4 Å². The second-order valence-electron chi connectivity index (χ2n) is 5.37. The molecule has 1 atom stereocenters. The van der Waals surface area contributed by atoms with E-state index in [1.807, 2.05) is 17.4 Å². The lowest BCUT2D eigenvalue weighted by Gasteiger charge is -2.21. The highest BCUT2D eigenvalue weighted by molar-refractivity contribution is 9.11. The van der Waals surface area contributed by atoms with Gasteiger partial charge in [0.1, 0.15) is 13.1 Å². The topological polar surface area (TPSA) is 34.2 Å².